The zero-order valence-electron chi connectivity index (χ0n) is 28.0. The van der Waals surface area contributed by atoms with Gasteiger partial charge in [-0.3, -0.25) is 14.4 Å². The zero-order chi connectivity index (χ0) is 32.7. The topological polar surface area (TPSA) is 130 Å². The van der Waals surface area contributed by atoms with Crippen LogP contribution in [0.2, 0.25) is 0 Å². The molecule has 4 aliphatic rings. The number of rotatable bonds is 13. The van der Waals surface area contributed by atoms with Crippen LogP contribution < -0.4 is 0 Å². The maximum absolute atomic E-state index is 14.7. The molecule has 0 saturated heterocycles. The molecule has 0 aromatic heterocycles. The third-order valence-electron chi connectivity index (χ3n) is 11.3. The summed E-state index contributed by atoms with van der Waals surface area (Å²) < 4.78 is 12.1. The van der Waals surface area contributed by atoms with E-state index in [1.54, 1.807) is 32.9 Å². The lowest BCUT2D eigenvalue weighted by Crippen LogP contribution is -2.66. The summed E-state index contributed by atoms with van der Waals surface area (Å²) in [5.74, 6) is -2.96. The van der Waals surface area contributed by atoms with Gasteiger partial charge in [0.1, 0.15) is 11.7 Å². The summed E-state index contributed by atoms with van der Waals surface area (Å²) in [4.78, 5) is 40.9. The van der Waals surface area contributed by atoms with Crippen LogP contribution in [0.25, 0.3) is 0 Å². The van der Waals surface area contributed by atoms with Crippen LogP contribution >= 0.6 is 0 Å². The number of aliphatic hydroxyl groups is 3. The highest BCUT2D eigenvalue weighted by molar-refractivity contribution is 5.95. The molecule has 248 valence electrons. The standard InChI is InChI=1S/C36H56O8/c1-8-9-10-11-12-13-14-15-16-17-27(38)44-35-21-23(2)34-19-18-26(43-31(41)32(3,4)5)36(34,42)29(39)24(22-37)20-25(30(34)40)28(35)33(35,6)7/h18-20,23,25-26,28-29,37,39,42H,8-17,21-22H2,1-7H3. The highest BCUT2D eigenvalue weighted by Gasteiger charge is 2.83. The number of esters is 2. The normalized spacial score (nSPS) is 36.9. The van der Waals surface area contributed by atoms with Crippen LogP contribution in [0.4, 0.5) is 0 Å². The van der Waals surface area contributed by atoms with Crippen molar-refractivity contribution in [1.82, 2.24) is 0 Å². The van der Waals surface area contributed by atoms with Gasteiger partial charge in [0.05, 0.1) is 17.4 Å². The Hall–Kier alpha value is -2.03. The van der Waals surface area contributed by atoms with E-state index in [9.17, 15) is 29.7 Å². The number of aliphatic hydroxyl groups excluding tert-OH is 2. The number of unbranched alkanes of at least 4 members (excludes halogenated alkanes) is 8. The van der Waals surface area contributed by atoms with Crippen molar-refractivity contribution < 1.29 is 39.2 Å². The number of carbonyl (C=O) groups is 3. The second kappa shape index (κ2) is 12.6. The van der Waals surface area contributed by atoms with E-state index in [4.69, 9.17) is 9.47 Å². The summed E-state index contributed by atoms with van der Waals surface area (Å²) in [6, 6.07) is 0. The molecule has 0 amide bonds. The first-order valence-corrected chi connectivity index (χ1v) is 16.9. The molecule has 3 N–H and O–H groups in total. The Morgan fingerprint density at radius 2 is 1.61 bits per heavy atom. The lowest BCUT2D eigenvalue weighted by atomic mass is 9.59. The summed E-state index contributed by atoms with van der Waals surface area (Å²) in [7, 11) is 0. The van der Waals surface area contributed by atoms with E-state index in [-0.39, 0.29) is 17.3 Å². The lowest BCUT2D eigenvalue weighted by molar-refractivity contribution is -0.207. The molecular formula is C36H56O8. The Kier molecular flexibility index (Phi) is 10.0. The van der Waals surface area contributed by atoms with Gasteiger partial charge in [0.25, 0.3) is 0 Å². The fraction of sp³-hybridized carbons (Fsp3) is 0.806. The van der Waals surface area contributed by atoms with E-state index >= 15 is 0 Å². The molecule has 0 aromatic rings. The molecule has 4 aliphatic carbocycles. The summed E-state index contributed by atoms with van der Waals surface area (Å²) >= 11 is 0. The third-order valence-corrected chi connectivity index (χ3v) is 11.3. The Labute approximate surface area is 263 Å². The Bertz CT molecular complexity index is 1160. The molecule has 8 atom stereocenters. The molecule has 8 nitrogen and oxygen atoms in total. The van der Waals surface area contributed by atoms with Gasteiger partial charge in [0.15, 0.2) is 17.5 Å². The van der Waals surface area contributed by atoms with Crippen molar-refractivity contribution in [3.63, 3.8) is 0 Å². The quantitative estimate of drug-likeness (QED) is 0.138. The zero-order valence-corrected chi connectivity index (χ0v) is 28.0. The Balaban J connectivity index is 1.57. The number of Topliss-reactive ketones (excluding diaryl/α,β-unsaturated/α-hetero) is 1. The molecule has 44 heavy (non-hydrogen) atoms. The summed E-state index contributed by atoms with van der Waals surface area (Å²) in [5.41, 5.74) is -6.13. The number of hydrogen-bond donors (Lipinski definition) is 3. The minimum absolute atomic E-state index is 0.0972. The first-order valence-electron chi connectivity index (χ1n) is 16.9. The first-order chi connectivity index (χ1) is 20.6. The molecule has 0 aliphatic heterocycles. The van der Waals surface area contributed by atoms with Gasteiger partial charge in [-0.05, 0) is 51.2 Å². The van der Waals surface area contributed by atoms with Gasteiger partial charge in [-0.25, -0.2) is 0 Å². The predicted molar refractivity (Wildman–Crippen MR) is 167 cm³/mol. The molecule has 0 radical (unpaired) electrons. The van der Waals surface area contributed by atoms with E-state index in [1.807, 2.05) is 20.8 Å². The van der Waals surface area contributed by atoms with Crippen molar-refractivity contribution in [2.45, 2.75) is 143 Å². The summed E-state index contributed by atoms with van der Waals surface area (Å²) in [5, 5.41) is 34.5. The second-order valence-corrected chi connectivity index (χ2v) is 15.6. The van der Waals surface area contributed by atoms with E-state index < -0.39 is 70.0 Å². The van der Waals surface area contributed by atoms with Gasteiger partial charge in [0, 0.05) is 23.7 Å². The van der Waals surface area contributed by atoms with Crippen molar-refractivity contribution >= 4 is 17.7 Å². The lowest BCUT2D eigenvalue weighted by Gasteiger charge is -2.49. The summed E-state index contributed by atoms with van der Waals surface area (Å²) in [6.07, 6.45) is 12.6. The van der Waals surface area contributed by atoms with Gasteiger partial charge < -0.3 is 24.8 Å². The van der Waals surface area contributed by atoms with Crippen LogP contribution in [0.5, 0.6) is 0 Å². The fourth-order valence-electron chi connectivity index (χ4n) is 8.65. The molecular weight excluding hydrogens is 560 g/mol. The van der Waals surface area contributed by atoms with Crippen molar-refractivity contribution in [1.29, 1.82) is 0 Å². The number of fused-ring (bicyclic) bond motifs is 3. The van der Waals surface area contributed by atoms with Gasteiger partial charge >= 0.3 is 11.9 Å². The SMILES string of the molecule is CCCCCCCCCCCC(=O)OC12CC(C)C34C=CC(OC(=O)C(C)(C)C)C3(O)C(O)C(CO)=CC(C4=O)C1C2(C)C. The minimum atomic E-state index is -2.24. The monoisotopic (exact) mass is 616 g/mol. The van der Waals surface area contributed by atoms with Crippen molar-refractivity contribution in [2.24, 2.45) is 34.0 Å². The Morgan fingerprint density at radius 1 is 1.02 bits per heavy atom. The van der Waals surface area contributed by atoms with Crippen LogP contribution in [-0.4, -0.2) is 63.1 Å². The number of allylic oxidation sites excluding steroid dienone is 1. The van der Waals surface area contributed by atoms with E-state index in [0.717, 1.165) is 19.3 Å². The second-order valence-electron chi connectivity index (χ2n) is 15.6. The highest BCUT2D eigenvalue weighted by atomic mass is 16.6. The van der Waals surface area contributed by atoms with E-state index in [1.165, 1.54) is 44.6 Å². The molecule has 2 saturated carbocycles. The summed E-state index contributed by atoms with van der Waals surface area (Å²) in [6.45, 7) is 12.5. The van der Waals surface area contributed by atoms with Crippen LogP contribution in [-0.2, 0) is 23.9 Å². The van der Waals surface area contributed by atoms with Crippen LogP contribution in [0.15, 0.2) is 23.8 Å². The first kappa shape index (κ1) is 34.8. The predicted octanol–water partition coefficient (Wildman–Crippen LogP) is 5.61. The molecule has 2 fully saturated rings. The minimum Gasteiger partial charge on any atom is -0.458 e. The van der Waals surface area contributed by atoms with Crippen molar-refractivity contribution in [3.8, 4) is 0 Å². The number of ether oxygens (including phenoxy) is 2. The molecule has 4 rings (SSSR count). The number of carbonyl (C=O) groups excluding carboxylic acids is 3. The molecule has 1 spiro atoms. The Morgan fingerprint density at radius 3 is 2.18 bits per heavy atom. The van der Waals surface area contributed by atoms with Crippen LogP contribution in [0.1, 0.15) is 119 Å². The number of hydrogen-bond acceptors (Lipinski definition) is 8. The fourth-order valence-corrected chi connectivity index (χ4v) is 8.65. The maximum Gasteiger partial charge on any atom is 0.311 e. The van der Waals surface area contributed by atoms with E-state index in [2.05, 4.69) is 6.92 Å². The average Bonchev–Trinajstić information content (AvgIpc) is 3.28. The largest absolute Gasteiger partial charge is 0.458 e. The average molecular weight is 617 g/mol. The van der Waals surface area contributed by atoms with Gasteiger partial charge in [-0.1, -0.05) is 91.2 Å². The van der Waals surface area contributed by atoms with Crippen molar-refractivity contribution in [2.75, 3.05) is 6.61 Å². The van der Waals surface area contributed by atoms with E-state index in [0.29, 0.717) is 12.8 Å². The van der Waals surface area contributed by atoms with Crippen LogP contribution in [0.3, 0.4) is 0 Å². The molecule has 2 bridgehead atoms. The molecule has 8 unspecified atom stereocenters. The molecule has 0 heterocycles. The highest BCUT2D eigenvalue weighted by Crippen LogP contribution is 2.75. The number of ketones is 1. The maximum atomic E-state index is 14.7. The molecule has 8 heteroatoms. The third kappa shape index (κ3) is 5.51. The van der Waals surface area contributed by atoms with Crippen molar-refractivity contribution in [3.05, 3.63) is 23.8 Å². The molecule has 0 aromatic carbocycles. The smallest absolute Gasteiger partial charge is 0.311 e. The van der Waals surface area contributed by atoms with Gasteiger partial charge in [0.2, 0.25) is 0 Å². The van der Waals surface area contributed by atoms with Crippen LogP contribution in [0, 0.1) is 34.0 Å². The van der Waals surface area contributed by atoms with Gasteiger partial charge in [-0.2, -0.15) is 0 Å². The van der Waals surface area contributed by atoms with Gasteiger partial charge in [-0.15, -0.1) is 0 Å².